The fourth-order valence-corrected chi connectivity index (χ4v) is 4.04. The summed E-state index contributed by atoms with van der Waals surface area (Å²) in [5.41, 5.74) is 0. The van der Waals surface area contributed by atoms with Gasteiger partial charge in [-0.1, -0.05) is 13.3 Å². The maximum atomic E-state index is 5.62. The topological polar surface area (TPSA) is 27.7 Å². The Hall–Kier alpha value is 0.447. The molecular formula is C12H28O3SSi. The number of hydrogen-bond acceptors (Lipinski definition) is 4. The van der Waals surface area contributed by atoms with Crippen molar-refractivity contribution in [3.05, 3.63) is 0 Å². The van der Waals surface area contributed by atoms with Gasteiger partial charge in [0.25, 0.3) is 0 Å². The minimum atomic E-state index is -1.31. The molecule has 3 nitrogen and oxygen atoms in total. The first-order valence-corrected chi connectivity index (χ1v) is 9.44. The Kier molecular flexibility index (Phi) is 13.2. The van der Waals surface area contributed by atoms with E-state index in [1.165, 1.54) is 18.6 Å². The summed E-state index contributed by atoms with van der Waals surface area (Å²) >= 11 is 2.00. The molecule has 0 rings (SSSR count). The van der Waals surface area contributed by atoms with Gasteiger partial charge in [-0.3, -0.25) is 0 Å². The Balaban J connectivity index is 3.33. The zero-order valence-corrected chi connectivity index (χ0v) is 13.7. The molecule has 17 heavy (non-hydrogen) atoms. The zero-order valence-electron chi connectivity index (χ0n) is 11.7. The second kappa shape index (κ2) is 12.9. The lowest BCUT2D eigenvalue weighted by molar-refractivity contribution is 0.0772. The first kappa shape index (κ1) is 17.4. The summed E-state index contributed by atoms with van der Waals surface area (Å²) in [4.78, 5) is 0. The Morgan fingerprint density at radius 3 is 2.35 bits per heavy atom. The van der Waals surface area contributed by atoms with Gasteiger partial charge in [0.2, 0.25) is 0 Å². The molecule has 0 spiro atoms. The molecule has 0 radical (unpaired) electrons. The molecule has 104 valence electrons. The average Bonchev–Trinajstić information content (AvgIpc) is 2.36. The highest BCUT2D eigenvalue weighted by molar-refractivity contribution is 7.99. The summed E-state index contributed by atoms with van der Waals surface area (Å²) in [7, 11) is 2.19. The Morgan fingerprint density at radius 2 is 1.82 bits per heavy atom. The molecule has 0 heterocycles. The van der Waals surface area contributed by atoms with Crippen LogP contribution in [0.1, 0.15) is 33.1 Å². The van der Waals surface area contributed by atoms with Gasteiger partial charge in [-0.15, -0.1) is 0 Å². The molecule has 5 heteroatoms. The SMILES string of the molecule is CCOC(CC)CSCCCC[SiH](OC)OC. The predicted octanol–water partition coefficient (Wildman–Crippen LogP) is 2.83. The number of hydrogen-bond donors (Lipinski definition) is 0. The van der Waals surface area contributed by atoms with Crippen molar-refractivity contribution < 1.29 is 13.6 Å². The van der Waals surface area contributed by atoms with Crippen LogP contribution in [0.2, 0.25) is 6.04 Å². The summed E-state index contributed by atoms with van der Waals surface area (Å²) in [6.07, 6.45) is 4.02. The first-order chi connectivity index (χ1) is 8.28. The fourth-order valence-electron chi connectivity index (χ4n) is 1.58. The van der Waals surface area contributed by atoms with Crippen LogP contribution in [0.25, 0.3) is 0 Å². The molecule has 1 atom stereocenters. The molecule has 0 aliphatic carbocycles. The summed E-state index contributed by atoms with van der Waals surface area (Å²) in [6.45, 7) is 5.08. The Morgan fingerprint density at radius 1 is 1.12 bits per heavy atom. The van der Waals surface area contributed by atoms with Gasteiger partial charge in [-0.2, -0.15) is 11.8 Å². The van der Waals surface area contributed by atoms with Gasteiger partial charge < -0.3 is 13.6 Å². The third-order valence-electron chi connectivity index (χ3n) is 2.67. The standard InChI is InChI=1S/C12H28O3SSi/c1-5-12(15-6-2)11-16-9-7-8-10-17(13-3)14-4/h12,17H,5-11H2,1-4H3. The quantitative estimate of drug-likeness (QED) is 0.406. The van der Waals surface area contributed by atoms with Gasteiger partial charge >= 0.3 is 9.28 Å². The van der Waals surface area contributed by atoms with Crippen molar-refractivity contribution in [2.45, 2.75) is 45.3 Å². The van der Waals surface area contributed by atoms with Crippen LogP contribution in [0.4, 0.5) is 0 Å². The molecule has 0 amide bonds. The molecule has 0 aliphatic rings. The van der Waals surface area contributed by atoms with Crippen molar-refractivity contribution in [1.82, 2.24) is 0 Å². The summed E-state index contributed by atoms with van der Waals surface area (Å²) in [5.74, 6) is 2.35. The molecule has 0 saturated carbocycles. The summed E-state index contributed by atoms with van der Waals surface area (Å²) < 4.78 is 16.2. The van der Waals surface area contributed by atoms with Gasteiger partial charge in [-0.25, -0.2) is 0 Å². The van der Waals surface area contributed by atoms with Crippen LogP contribution in [0.5, 0.6) is 0 Å². The largest absolute Gasteiger partial charge is 0.400 e. The number of ether oxygens (including phenoxy) is 1. The molecule has 0 aliphatic heterocycles. The van der Waals surface area contributed by atoms with E-state index < -0.39 is 9.28 Å². The van der Waals surface area contributed by atoms with E-state index in [-0.39, 0.29) is 0 Å². The van der Waals surface area contributed by atoms with Crippen LogP contribution in [0.3, 0.4) is 0 Å². The second-order valence-corrected chi connectivity index (χ2v) is 7.49. The van der Waals surface area contributed by atoms with E-state index in [2.05, 4.69) is 13.8 Å². The van der Waals surface area contributed by atoms with Crippen LogP contribution in [-0.2, 0) is 13.6 Å². The van der Waals surface area contributed by atoms with Crippen molar-refractivity contribution in [2.75, 3.05) is 32.3 Å². The normalized spacial score (nSPS) is 13.2. The molecule has 0 aromatic rings. The van der Waals surface area contributed by atoms with E-state index in [4.69, 9.17) is 13.6 Å². The minimum Gasteiger partial charge on any atom is -0.400 e. The second-order valence-electron chi connectivity index (χ2n) is 3.96. The summed E-state index contributed by atoms with van der Waals surface area (Å²) in [6, 6.07) is 1.12. The maximum Gasteiger partial charge on any atom is 0.320 e. The predicted molar refractivity (Wildman–Crippen MR) is 78.2 cm³/mol. The van der Waals surface area contributed by atoms with Crippen LogP contribution in [0.15, 0.2) is 0 Å². The Bertz CT molecular complexity index is 157. The third kappa shape index (κ3) is 10.1. The van der Waals surface area contributed by atoms with Crippen LogP contribution >= 0.6 is 11.8 Å². The van der Waals surface area contributed by atoms with Crippen molar-refractivity contribution in [3.63, 3.8) is 0 Å². The van der Waals surface area contributed by atoms with Crippen molar-refractivity contribution in [3.8, 4) is 0 Å². The zero-order chi connectivity index (χ0) is 12.9. The van der Waals surface area contributed by atoms with E-state index in [1.807, 2.05) is 11.8 Å². The van der Waals surface area contributed by atoms with E-state index >= 15 is 0 Å². The van der Waals surface area contributed by atoms with Crippen LogP contribution in [0, 0.1) is 0 Å². The average molecular weight is 281 g/mol. The lowest BCUT2D eigenvalue weighted by Gasteiger charge is -2.14. The van der Waals surface area contributed by atoms with Crippen LogP contribution < -0.4 is 0 Å². The van der Waals surface area contributed by atoms with Gasteiger partial charge in [0, 0.05) is 26.6 Å². The van der Waals surface area contributed by atoms with Crippen molar-refractivity contribution >= 4 is 21.0 Å². The van der Waals surface area contributed by atoms with Gasteiger partial charge in [0.1, 0.15) is 0 Å². The Labute approximate surface area is 112 Å². The van der Waals surface area contributed by atoms with E-state index in [0.29, 0.717) is 6.10 Å². The van der Waals surface area contributed by atoms with Crippen molar-refractivity contribution in [2.24, 2.45) is 0 Å². The number of unbranched alkanes of at least 4 members (excludes halogenated alkanes) is 1. The molecule has 0 aromatic heterocycles. The van der Waals surface area contributed by atoms with E-state index in [0.717, 1.165) is 24.8 Å². The van der Waals surface area contributed by atoms with Gasteiger partial charge in [0.15, 0.2) is 0 Å². The van der Waals surface area contributed by atoms with Crippen LogP contribution in [-0.4, -0.2) is 47.7 Å². The maximum absolute atomic E-state index is 5.62. The first-order valence-electron chi connectivity index (χ1n) is 6.53. The van der Waals surface area contributed by atoms with Gasteiger partial charge in [-0.05, 0) is 31.6 Å². The smallest absolute Gasteiger partial charge is 0.320 e. The van der Waals surface area contributed by atoms with E-state index in [1.54, 1.807) is 14.2 Å². The van der Waals surface area contributed by atoms with Gasteiger partial charge in [0.05, 0.1) is 6.10 Å². The monoisotopic (exact) mass is 280 g/mol. The molecule has 1 unspecified atom stereocenters. The number of thioether (sulfide) groups is 1. The highest BCUT2D eigenvalue weighted by Crippen LogP contribution is 2.12. The summed E-state index contributed by atoms with van der Waals surface area (Å²) in [5, 5.41) is 0. The minimum absolute atomic E-state index is 0.435. The molecular weight excluding hydrogens is 252 g/mol. The molecule has 0 bridgehead atoms. The molecule has 0 saturated heterocycles. The molecule has 0 fully saturated rings. The number of rotatable bonds is 12. The highest BCUT2D eigenvalue weighted by Gasteiger charge is 2.09. The highest BCUT2D eigenvalue weighted by atomic mass is 32.2. The third-order valence-corrected chi connectivity index (χ3v) is 5.78. The lowest BCUT2D eigenvalue weighted by Crippen LogP contribution is -2.18. The van der Waals surface area contributed by atoms with Crippen molar-refractivity contribution in [1.29, 1.82) is 0 Å². The molecule has 0 aromatic carbocycles. The lowest BCUT2D eigenvalue weighted by atomic mass is 10.3. The fraction of sp³-hybridized carbons (Fsp3) is 1.00. The van der Waals surface area contributed by atoms with E-state index in [9.17, 15) is 0 Å². The molecule has 0 N–H and O–H groups in total.